The lowest BCUT2D eigenvalue weighted by atomic mass is 10.3. The smallest absolute Gasteiger partial charge is 0.300 e. The number of carbonyl (C=O) groups excluding carboxylic acids is 1. The first-order chi connectivity index (χ1) is 9.69. The Balaban J connectivity index is 1.70. The molecule has 1 aliphatic carbocycles. The molecule has 2 heterocycles. The van der Waals surface area contributed by atoms with Crippen LogP contribution >= 0.6 is 11.8 Å². The molecule has 2 aromatic rings. The number of amides is 1. The summed E-state index contributed by atoms with van der Waals surface area (Å²) >= 11 is 1.53. The van der Waals surface area contributed by atoms with E-state index in [4.69, 9.17) is 10.3 Å². The van der Waals surface area contributed by atoms with Crippen molar-refractivity contribution >= 4 is 17.7 Å². The van der Waals surface area contributed by atoms with Crippen LogP contribution in [0.5, 0.6) is 0 Å². The third-order valence-electron chi connectivity index (χ3n) is 3.09. The number of rotatable bonds is 5. The average Bonchev–Trinajstić information content (AvgIpc) is 3.07. The fourth-order valence-corrected chi connectivity index (χ4v) is 2.80. The van der Waals surface area contributed by atoms with Crippen molar-refractivity contribution in [1.82, 2.24) is 25.6 Å². The molecule has 0 aromatic carbocycles. The standard InChI is InChI=1S/C11H14N6O2S/c1-6-7(4-9(19-6)10(18)13-12)5-20-11-14-15-16-17(11)8-2-3-8/h4,8H,2-3,5,12H2,1H3,(H,13,18). The predicted octanol–water partition coefficient (Wildman–Crippen LogP) is 0.805. The van der Waals surface area contributed by atoms with Crippen LogP contribution < -0.4 is 11.3 Å². The molecule has 0 radical (unpaired) electrons. The highest BCUT2D eigenvalue weighted by Crippen LogP contribution is 2.37. The number of nitrogens with zero attached hydrogens (tertiary/aromatic N) is 4. The molecule has 1 saturated carbocycles. The molecule has 20 heavy (non-hydrogen) atoms. The molecule has 1 aliphatic rings. The van der Waals surface area contributed by atoms with Gasteiger partial charge in [-0.15, -0.1) is 5.10 Å². The lowest BCUT2D eigenvalue weighted by Crippen LogP contribution is -2.29. The van der Waals surface area contributed by atoms with Gasteiger partial charge in [0.1, 0.15) is 5.76 Å². The van der Waals surface area contributed by atoms with E-state index in [0.29, 0.717) is 17.6 Å². The molecule has 0 atom stereocenters. The van der Waals surface area contributed by atoms with Crippen LogP contribution in [0.2, 0.25) is 0 Å². The van der Waals surface area contributed by atoms with Crippen LogP contribution in [0, 0.1) is 6.92 Å². The molecule has 106 valence electrons. The SMILES string of the molecule is Cc1oc(C(=O)NN)cc1CSc1nnnn1C1CC1. The van der Waals surface area contributed by atoms with Crippen LogP contribution in [0.3, 0.4) is 0 Å². The highest BCUT2D eigenvalue weighted by atomic mass is 32.2. The molecule has 0 aliphatic heterocycles. The maximum absolute atomic E-state index is 11.4. The van der Waals surface area contributed by atoms with E-state index in [1.165, 1.54) is 11.8 Å². The van der Waals surface area contributed by atoms with Gasteiger partial charge in [-0.25, -0.2) is 10.5 Å². The van der Waals surface area contributed by atoms with Crippen molar-refractivity contribution in [1.29, 1.82) is 0 Å². The zero-order valence-electron chi connectivity index (χ0n) is 10.9. The summed E-state index contributed by atoms with van der Waals surface area (Å²) in [4.78, 5) is 11.4. The number of furan rings is 1. The van der Waals surface area contributed by atoms with Gasteiger partial charge in [-0.2, -0.15) is 0 Å². The first kappa shape index (κ1) is 13.1. The summed E-state index contributed by atoms with van der Waals surface area (Å²) in [5.74, 6) is 6.19. The second kappa shape index (κ2) is 5.25. The van der Waals surface area contributed by atoms with E-state index in [1.807, 2.05) is 17.0 Å². The van der Waals surface area contributed by atoms with Crippen molar-refractivity contribution in [3.05, 3.63) is 23.2 Å². The third kappa shape index (κ3) is 2.54. The van der Waals surface area contributed by atoms with Gasteiger partial charge in [-0.05, 0) is 36.3 Å². The van der Waals surface area contributed by atoms with Crippen LogP contribution in [0.25, 0.3) is 0 Å². The Hall–Kier alpha value is -1.87. The molecule has 1 fully saturated rings. The summed E-state index contributed by atoms with van der Waals surface area (Å²) < 4.78 is 7.22. The van der Waals surface area contributed by atoms with Crippen LogP contribution in [-0.2, 0) is 5.75 Å². The molecule has 0 bridgehead atoms. The Kier molecular flexibility index (Phi) is 3.45. The third-order valence-corrected chi connectivity index (χ3v) is 4.07. The fourth-order valence-electron chi connectivity index (χ4n) is 1.82. The Bertz CT molecular complexity index is 633. The number of hydrazine groups is 1. The summed E-state index contributed by atoms with van der Waals surface area (Å²) in [6.45, 7) is 1.81. The lowest BCUT2D eigenvalue weighted by Gasteiger charge is -2.01. The molecular weight excluding hydrogens is 280 g/mol. The molecular formula is C11H14N6O2S. The summed E-state index contributed by atoms with van der Waals surface area (Å²) in [6, 6.07) is 2.13. The van der Waals surface area contributed by atoms with E-state index in [-0.39, 0.29) is 5.76 Å². The van der Waals surface area contributed by atoms with E-state index >= 15 is 0 Å². The second-order valence-corrected chi connectivity index (χ2v) is 5.53. The van der Waals surface area contributed by atoms with Crippen molar-refractivity contribution in [2.45, 2.75) is 36.7 Å². The number of nitrogens with one attached hydrogen (secondary N) is 1. The summed E-state index contributed by atoms with van der Waals surface area (Å²) in [5.41, 5.74) is 2.98. The first-order valence-corrected chi connectivity index (χ1v) is 7.18. The number of aryl methyl sites for hydroxylation is 1. The molecule has 2 aromatic heterocycles. The van der Waals surface area contributed by atoms with Crippen molar-refractivity contribution in [2.24, 2.45) is 5.84 Å². The Morgan fingerprint density at radius 3 is 3.15 bits per heavy atom. The summed E-state index contributed by atoms with van der Waals surface area (Å²) in [7, 11) is 0. The predicted molar refractivity (Wildman–Crippen MR) is 70.7 cm³/mol. The van der Waals surface area contributed by atoms with Gasteiger partial charge in [0, 0.05) is 11.3 Å². The normalized spacial score (nSPS) is 14.5. The summed E-state index contributed by atoms with van der Waals surface area (Å²) in [6.07, 6.45) is 2.26. The number of carbonyl (C=O) groups is 1. The zero-order chi connectivity index (χ0) is 14.1. The number of hydrogen-bond acceptors (Lipinski definition) is 7. The van der Waals surface area contributed by atoms with Gasteiger partial charge < -0.3 is 4.42 Å². The molecule has 8 nitrogen and oxygen atoms in total. The second-order valence-electron chi connectivity index (χ2n) is 4.59. The Morgan fingerprint density at radius 1 is 1.65 bits per heavy atom. The van der Waals surface area contributed by atoms with Crippen molar-refractivity contribution in [2.75, 3.05) is 0 Å². The fraction of sp³-hybridized carbons (Fsp3) is 0.455. The number of nitrogen functional groups attached to an aromatic ring is 1. The van der Waals surface area contributed by atoms with E-state index < -0.39 is 5.91 Å². The minimum absolute atomic E-state index is 0.211. The van der Waals surface area contributed by atoms with Gasteiger partial charge in [-0.1, -0.05) is 11.8 Å². The highest BCUT2D eigenvalue weighted by Gasteiger charge is 2.28. The molecule has 3 N–H and O–H groups in total. The maximum atomic E-state index is 11.4. The van der Waals surface area contributed by atoms with Crippen molar-refractivity contribution in [3.8, 4) is 0 Å². The number of thioether (sulfide) groups is 1. The lowest BCUT2D eigenvalue weighted by molar-refractivity contribution is 0.0924. The summed E-state index contributed by atoms with van der Waals surface area (Å²) in [5, 5.41) is 12.5. The quantitative estimate of drug-likeness (QED) is 0.363. The number of nitrogens with two attached hydrogens (primary N) is 1. The van der Waals surface area contributed by atoms with Gasteiger partial charge >= 0.3 is 5.91 Å². The minimum atomic E-state index is -0.438. The zero-order valence-corrected chi connectivity index (χ0v) is 11.7. The Labute approximate surface area is 119 Å². The molecule has 0 unspecified atom stereocenters. The van der Waals surface area contributed by atoms with Crippen LogP contribution in [-0.4, -0.2) is 26.1 Å². The average molecular weight is 294 g/mol. The van der Waals surface area contributed by atoms with Crippen molar-refractivity contribution in [3.63, 3.8) is 0 Å². The van der Waals surface area contributed by atoms with Gasteiger partial charge in [0.05, 0.1) is 6.04 Å². The molecule has 3 rings (SSSR count). The largest absolute Gasteiger partial charge is 0.456 e. The first-order valence-electron chi connectivity index (χ1n) is 6.20. The van der Waals surface area contributed by atoms with E-state index in [2.05, 4.69) is 15.5 Å². The Morgan fingerprint density at radius 2 is 2.45 bits per heavy atom. The topological polar surface area (TPSA) is 112 Å². The molecule has 1 amide bonds. The van der Waals surface area contributed by atoms with Crippen LogP contribution in [0.4, 0.5) is 0 Å². The van der Waals surface area contributed by atoms with Gasteiger partial charge in [0.25, 0.3) is 0 Å². The van der Waals surface area contributed by atoms with Gasteiger partial charge in [0.2, 0.25) is 5.16 Å². The van der Waals surface area contributed by atoms with E-state index in [9.17, 15) is 4.79 Å². The van der Waals surface area contributed by atoms with E-state index in [0.717, 1.165) is 23.6 Å². The number of hydrogen-bond donors (Lipinski definition) is 2. The maximum Gasteiger partial charge on any atom is 0.300 e. The number of aromatic nitrogens is 4. The highest BCUT2D eigenvalue weighted by molar-refractivity contribution is 7.98. The molecule has 0 spiro atoms. The van der Waals surface area contributed by atoms with Crippen LogP contribution in [0.1, 0.15) is 40.8 Å². The molecule has 0 saturated heterocycles. The van der Waals surface area contributed by atoms with Gasteiger partial charge in [0.15, 0.2) is 5.76 Å². The van der Waals surface area contributed by atoms with E-state index in [1.54, 1.807) is 6.07 Å². The molecule has 9 heteroatoms. The number of tetrazole rings is 1. The monoisotopic (exact) mass is 294 g/mol. The minimum Gasteiger partial charge on any atom is -0.456 e. The van der Waals surface area contributed by atoms with Gasteiger partial charge in [-0.3, -0.25) is 10.2 Å². The van der Waals surface area contributed by atoms with Crippen LogP contribution in [0.15, 0.2) is 15.6 Å². The van der Waals surface area contributed by atoms with Crippen molar-refractivity contribution < 1.29 is 9.21 Å².